The van der Waals surface area contributed by atoms with Crippen LogP contribution in [0, 0.1) is 11.3 Å². The summed E-state index contributed by atoms with van der Waals surface area (Å²) in [5.74, 6) is 1.58. The second kappa shape index (κ2) is 7.36. The maximum absolute atomic E-state index is 9.06. The SMILES string of the molecule is COc1nc(N[C@@H]2CCCN(c3nccn4c(Br)cnc34)C2)ncc1C#N. The van der Waals surface area contributed by atoms with Gasteiger partial charge in [-0.15, -0.1) is 0 Å². The van der Waals surface area contributed by atoms with Gasteiger partial charge < -0.3 is 15.0 Å². The summed E-state index contributed by atoms with van der Waals surface area (Å²) in [7, 11) is 1.49. The van der Waals surface area contributed by atoms with Gasteiger partial charge in [-0.05, 0) is 28.8 Å². The Bertz CT molecular complexity index is 1010. The maximum Gasteiger partial charge on any atom is 0.236 e. The molecule has 0 amide bonds. The van der Waals surface area contributed by atoms with Crippen molar-refractivity contribution in [3.05, 3.63) is 35.0 Å². The van der Waals surface area contributed by atoms with Crippen LogP contribution in [-0.2, 0) is 0 Å². The van der Waals surface area contributed by atoms with Crippen molar-refractivity contribution in [2.45, 2.75) is 18.9 Å². The third kappa shape index (κ3) is 3.38. The maximum atomic E-state index is 9.06. The van der Waals surface area contributed by atoms with Gasteiger partial charge >= 0.3 is 0 Å². The molecule has 0 bridgehead atoms. The van der Waals surface area contributed by atoms with Gasteiger partial charge in [-0.25, -0.2) is 15.0 Å². The predicted molar refractivity (Wildman–Crippen MR) is 103 cm³/mol. The fourth-order valence-electron chi connectivity index (χ4n) is 3.24. The number of hydrogen-bond donors (Lipinski definition) is 1. The molecular formula is C17H17BrN8O. The van der Waals surface area contributed by atoms with Gasteiger partial charge in [-0.2, -0.15) is 10.2 Å². The molecule has 1 aliphatic rings. The molecule has 4 heterocycles. The largest absolute Gasteiger partial charge is 0.480 e. The zero-order valence-electron chi connectivity index (χ0n) is 14.6. The lowest BCUT2D eigenvalue weighted by Crippen LogP contribution is -2.43. The molecule has 1 aliphatic heterocycles. The molecule has 1 fully saturated rings. The number of hydrogen-bond acceptors (Lipinski definition) is 8. The summed E-state index contributed by atoms with van der Waals surface area (Å²) in [6.07, 6.45) is 8.90. The molecule has 3 aromatic heterocycles. The number of anilines is 2. The molecule has 138 valence electrons. The number of aromatic nitrogens is 5. The highest BCUT2D eigenvalue weighted by molar-refractivity contribution is 9.10. The topological polar surface area (TPSA) is 104 Å². The molecular weight excluding hydrogens is 412 g/mol. The summed E-state index contributed by atoms with van der Waals surface area (Å²) >= 11 is 3.50. The highest BCUT2D eigenvalue weighted by Crippen LogP contribution is 2.25. The van der Waals surface area contributed by atoms with Crippen LogP contribution < -0.4 is 15.0 Å². The van der Waals surface area contributed by atoms with Crippen molar-refractivity contribution in [2.75, 3.05) is 30.4 Å². The summed E-state index contributed by atoms with van der Waals surface area (Å²) in [5, 5.41) is 12.4. The van der Waals surface area contributed by atoms with Crippen LogP contribution in [0.1, 0.15) is 18.4 Å². The van der Waals surface area contributed by atoms with E-state index in [1.165, 1.54) is 13.3 Å². The van der Waals surface area contributed by atoms with Gasteiger partial charge in [0.25, 0.3) is 0 Å². The summed E-state index contributed by atoms with van der Waals surface area (Å²) in [6.45, 7) is 1.66. The number of halogens is 1. The van der Waals surface area contributed by atoms with Crippen molar-refractivity contribution in [2.24, 2.45) is 0 Å². The first kappa shape index (κ1) is 17.5. The Kier molecular flexibility index (Phi) is 4.77. The van der Waals surface area contributed by atoms with Crippen molar-refractivity contribution in [1.29, 1.82) is 5.26 Å². The molecule has 0 aromatic carbocycles. The molecule has 1 saturated heterocycles. The van der Waals surface area contributed by atoms with Crippen molar-refractivity contribution in [3.63, 3.8) is 0 Å². The fourth-order valence-corrected chi connectivity index (χ4v) is 3.63. The van der Waals surface area contributed by atoms with Gasteiger partial charge in [-0.1, -0.05) is 0 Å². The Labute approximate surface area is 164 Å². The smallest absolute Gasteiger partial charge is 0.236 e. The van der Waals surface area contributed by atoms with Crippen molar-refractivity contribution in [3.8, 4) is 11.9 Å². The molecule has 0 spiro atoms. The van der Waals surface area contributed by atoms with Crippen LogP contribution in [0.3, 0.4) is 0 Å². The minimum Gasteiger partial charge on any atom is -0.480 e. The van der Waals surface area contributed by atoms with E-state index in [1.54, 1.807) is 12.4 Å². The number of methoxy groups -OCH3 is 1. The summed E-state index contributed by atoms with van der Waals surface area (Å²) in [5.41, 5.74) is 1.13. The first-order chi connectivity index (χ1) is 13.2. The van der Waals surface area contributed by atoms with Crippen molar-refractivity contribution < 1.29 is 4.74 Å². The van der Waals surface area contributed by atoms with Crippen LogP contribution in [0.2, 0.25) is 0 Å². The molecule has 0 unspecified atom stereocenters. The molecule has 0 aliphatic carbocycles. The van der Waals surface area contributed by atoms with Gasteiger partial charge in [0.05, 0.1) is 19.5 Å². The third-order valence-corrected chi connectivity index (χ3v) is 5.07. The van der Waals surface area contributed by atoms with E-state index in [9.17, 15) is 0 Å². The summed E-state index contributed by atoms with van der Waals surface area (Å²) in [4.78, 5) is 19.7. The van der Waals surface area contributed by atoms with E-state index in [4.69, 9.17) is 10.00 Å². The first-order valence-electron chi connectivity index (χ1n) is 8.49. The van der Waals surface area contributed by atoms with Gasteiger partial charge in [0.15, 0.2) is 11.5 Å². The Morgan fingerprint density at radius 3 is 3.04 bits per heavy atom. The van der Waals surface area contributed by atoms with Gasteiger partial charge in [0.2, 0.25) is 11.8 Å². The standard InChI is InChI=1S/C17H17BrN8O/c1-27-16-11(7-19)8-22-17(24-16)23-12-3-2-5-25(10-12)14-15-21-9-13(18)26(15)6-4-20-14/h4,6,8-9,12H,2-3,5,10H2,1H3,(H,22,23,24)/t12-/m1/s1. The monoisotopic (exact) mass is 428 g/mol. The van der Waals surface area contributed by atoms with Crippen LogP contribution in [0.25, 0.3) is 5.65 Å². The minimum atomic E-state index is 0.150. The minimum absolute atomic E-state index is 0.150. The van der Waals surface area contributed by atoms with E-state index in [0.29, 0.717) is 11.5 Å². The molecule has 0 saturated carbocycles. The number of rotatable bonds is 4. The summed E-state index contributed by atoms with van der Waals surface area (Å²) < 4.78 is 8.02. The summed E-state index contributed by atoms with van der Waals surface area (Å²) in [6, 6.07) is 2.17. The molecule has 4 rings (SSSR count). The molecule has 27 heavy (non-hydrogen) atoms. The number of nitriles is 1. The van der Waals surface area contributed by atoms with E-state index in [-0.39, 0.29) is 11.9 Å². The quantitative estimate of drug-likeness (QED) is 0.674. The predicted octanol–water partition coefficient (Wildman–Crippen LogP) is 2.24. The van der Waals surface area contributed by atoms with E-state index >= 15 is 0 Å². The van der Waals surface area contributed by atoms with Gasteiger partial charge in [0, 0.05) is 31.5 Å². The van der Waals surface area contributed by atoms with Gasteiger partial charge in [0.1, 0.15) is 16.2 Å². The highest BCUT2D eigenvalue weighted by atomic mass is 79.9. The molecule has 1 N–H and O–H groups in total. The van der Waals surface area contributed by atoms with Gasteiger partial charge in [-0.3, -0.25) is 4.40 Å². The van der Waals surface area contributed by atoms with E-state index in [2.05, 4.69) is 46.1 Å². The third-order valence-electron chi connectivity index (χ3n) is 4.49. The lowest BCUT2D eigenvalue weighted by molar-refractivity contribution is 0.395. The molecule has 0 radical (unpaired) electrons. The number of fused-ring (bicyclic) bond motifs is 1. The second-order valence-electron chi connectivity index (χ2n) is 6.18. The average molecular weight is 429 g/mol. The first-order valence-corrected chi connectivity index (χ1v) is 9.29. The second-order valence-corrected chi connectivity index (χ2v) is 7.00. The van der Waals surface area contributed by atoms with Crippen LogP contribution >= 0.6 is 15.9 Å². The van der Waals surface area contributed by atoms with Crippen LogP contribution in [-0.4, -0.2) is 50.6 Å². The lowest BCUT2D eigenvalue weighted by atomic mass is 10.1. The Hall–Kier alpha value is -2.93. The highest BCUT2D eigenvalue weighted by Gasteiger charge is 2.24. The van der Waals surface area contributed by atoms with E-state index in [0.717, 1.165) is 42.0 Å². The number of nitrogens with zero attached hydrogens (tertiary/aromatic N) is 7. The molecule has 1 atom stereocenters. The van der Waals surface area contributed by atoms with E-state index in [1.807, 2.05) is 16.7 Å². The number of nitrogens with one attached hydrogen (secondary N) is 1. The number of imidazole rings is 1. The van der Waals surface area contributed by atoms with Crippen molar-refractivity contribution >= 4 is 33.3 Å². The van der Waals surface area contributed by atoms with Crippen molar-refractivity contribution in [1.82, 2.24) is 24.3 Å². The lowest BCUT2D eigenvalue weighted by Gasteiger charge is -2.34. The zero-order valence-corrected chi connectivity index (χ0v) is 16.2. The van der Waals surface area contributed by atoms with Crippen LogP contribution in [0.5, 0.6) is 5.88 Å². The molecule has 9 nitrogen and oxygen atoms in total. The fraction of sp³-hybridized carbons (Fsp3) is 0.353. The normalized spacial score (nSPS) is 16.9. The number of piperidine rings is 1. The molecule has 10 heteroatoms. The number of ether oxygens (including phenoxy) is 1. The Morgan fingerprint density at radius 2 is 2.22 bits per heavy atom. The molecule has 3 aromatic rings. The zero-order chi connectivity index (χ0) is 18.8. The Morgan fingerprint density at radius 1 is 1.33 bits per heavy atom. The van der Waals surface area contributed by atoms with Crippen LogP contribution in [0.15, 0.2) is 29.4 Å². The van der Waals surface area contributed by atoms with Crippen LogP contribution in [0.4, 0.5) is 11.8 Å². The van der Waals surface area contributed by atoms with E-state index < -0.39 is 0 Å². The average Bonchev–Trinajstić information content (AvgIpc) is 3.09. The Balaban J connectivity index is 1.54.